The summed E-state index contributed by atoms with van der Waals surface area (Å²) in [4.78, 5) is 4.09. The molecule has 106 valence electrons. The molecule has 0 aliphatic rings. The zero-order chi connectivity index (χ0) is 14.8. The summed E-state index contributed by atoms with van der Waals surface area (Å²) in [5, 5.41) is 2.57. The van der Waals surface area contributed by atoms with Crippen LogP contribution in [0.5, 0.6) is 0 Å². The lowest BCUT2D eigenvalue weighted by molar-refractivity contribution is -0.137. The molecule has 19 heavy (non-hydrogen) atoms. The Hall–Kier alpha value is -1.43. The summed E-state index contributed by atoms with van der Waals surface area (Å²) in [7, 11) is 0. The highest BCUT2D eigenvalue weighted by Gasteiger charge is 2.31. The number of benzene rings is 1. The molecule has 0 unspecified atom stereocenters. The fourth-order valence-corrected chi connectivity index (χ4v) is 1.60. The first-order valence-corrected chi connectivity index (χ1v) is 5.85. The van der Waals surface area contributed by atoms with Crippen molar-refractivity contribution >= 4 is 23.2 Å². The molecule has 3 nitrogen and oxygen atoms in total. The number of aliphatic imine (C=N–C) groups is 1. The number of nitrogens with zero attached hydrogens (tertiary/aromatic N) is 1. The van der Waals surface area contributed by atoms with Crippen LogP contribution in [0.25, 0.3) is 0 Å². The van der Waals surface area contributed by atoms with Crippen LogP contribution in [0.4, 0.5) is 18.9 Å². The van der Waals surface area contributed by atoms with Crippen molar-refractivity contribution < 1.29 is 13.2 Å². The van der Waals surface area contributed by atoms with Gasteiger partial charge in [-0.25, -0.2) is 4.99 Å². The van der Waals surface area contributed by atoms with Crippen LogP contribution >= 0.6 is 11.6 Å². The first-order valence-electron chi connectivity index (χ1n) is 5.47. The Bertz CT molecular complexity index is 490. The number of hydrogen-bond acceptors (Lipinski definition) is 1. The van der Waals surface area contributed by atoms with E-state index in [1.807, 2.05) is 20.8 Å². The van der Waals surface area contributed by atoms with Gasteiger partial charge in [-0.3, -0.25) is 0 Å². The lowest BCUT2D eigenvalue weighted by Crippen LogP contribution is -2.27. The number of anilines is 1. The van der Waals surface area contributed by atoms with Crippen LogP contribution in [0.1, 0.15) is 26.3 Å². The minimum absolute atomic E-state index is 0.0270. The second-order valence-electron chi connectivity index (χ2n) is 5.02. The normalized spacial score (nSPS) is 13.5. The lowest BCUT2D eigenvalue weighted by Gasteiger charge is -2.15. The van der Waals surface area contributed by atoms with E-state index in [1.165, 1.54) is 6.07 Å². The summed E-state index contributed by atoms with van der Waals surface area (Å²) in [6.45, 7) is 5.46. The maximum absolute atomic E-state index is 12.6. The molecule has 1 rings (SSSR count). The Balaban J connectivity index is 3.03. The number of halogens is 4. The number of guanidine groups is 1. The maximum Gasteiger partial charge on any atom is 0.416 e. The van der Waals surface area contributed by atoms with E-state index in [9.17, 15) is 13.2 Å². The van der Waals surface area contributed by atoms with E-state index >= 15 is 0 Å². The summed E-state index contributed by atoms with van der Waals surface area (Å²) in [6.07, 6.45) is -4.46. The topological polar surface area (TPSA) is 50.4 Å². The molecular formula is C12H15ClF3N3. The third-order valence-corrected chi connectivity index (χ3v) is 2.17. The molecule has 3 N–H and O–H groups in total. The van der Waals surface area contributed by atoms with Crippen LogP contribution in [0, 0.1) is 0 Å². The number of rotatable bonds is 1. The van der Waals surface area contributed by atoms with Crippen LogP contribution in [0.3, 0.4) is 0 Å². The van der Waals surface area contributed by atoms with E-state index in [-0.39, 0.29) is 16.7 Å². The van der Waals surface area contributed by atoms with Crippen molar-refractivity contribution in [3.8, 4) is 0 Å². The summed E-state index contributed by atoms with van der Waals surface area (Å²) < 4.78 is 37.8. The van der Waals surface area contributed by atoms with E-state index in [0.29, 0.717) is 0 Å². The standard InChI is InChI=1S/C12H15ClF3N3/c1-11(2,3)19-10(17)18-9-5-7(12(14,15)16)4-8(13)6-9/h4-6H,1-3H3,(H3,17,18,19). The molecule has 0 saturated carbocycles. The highest BCUT2D eigenvalue weighted by Crippen LogP contribution is 2.33. The van der Waals surface area contributed by atoms with E-state index in [2.05, 4.69) is 10.3 Å². The SMILES string of the molecule is CC(C)(C)N=C(N)Nc1cc(Cl)cc(C(F)(F)F)c1. The van der Waals surface area contributed by atoms with E-state index < -0.39 is 17.3 Å². The molecule has 7 heteroatoms. The Morgan fingerprint density at radius 3 is 2.26 bits per heavy atom. The van der Waals surface area contributed by atoms with Crippen LogP contribution in [0.2, 0.25) is 5.02 Å². The van der Waals surface area contributed by atoms with Crippen molar-refractivity contribution in [3.63, 3.8) is 0 Å². The van der Waals surface area contributed by atoms with Gasteiger partial charge in [0.1, 0.15) is 0 Å². The van der Waals surface area contributed by atoms with Gasteiger partial charge in [-0.15, -0.1) is 0 Å². The molecule has 0 heterocycles. The molecular weight excluding hydrogens is 279 g/mol. The van der Waals surface area contributed by atoms with Crippen LogP contribution in [0.15, 0.2) is 23.2 Å². The van der Waals surface area contributed by atoms with E-state index in [0.717, 1.165) is 12.1 Å². The Labute approximate surface area is 114 Å². The minimum Gasteiger partial charge on any atom is -0.370 e. The molecule has 0 aliphatic carbocycles. The van der Waals surface area contributed by atoms with Crippen LogP contribution in [-0.4, -0.2) is 11.5 Å². The Morgan fingerprint density at radius 2 is 1.79 bits per heavy atom. The molecule has 0 atom stereocenters. The highest BCUT2D eigenvalue weighted by atomic mass is 35.5. The van der Waals surface area contributed by atoms with Gasteiger partial charge in [0.2, 0.25) is 0 Å². The Morgan fingerprint density at radius 1 is 1.21 bits per heavy atom. The largest absolute Gasteiger partial charge is 0.416 e. The highest BCUT2D eigenvalue weighted by molar-refractivity contribution is 6.31. The van der Waals surface area contributed by atoms with Gasteiger partial charge in [-0.2, -0.15) is 13.2 Å². The number of alkyl halides is 3. The van der Waals surface area contributed by atoms with Gasteiger partial charge in [0.05, 0.1) is 11.1 Å². The fraction of sp³-hybridized carbons (Fsp3) is 0.417. The van der Waals surface area contributed by atoms with Gasteiger partial charge in [0.25, 0.3) is 0 Å². The average molecular weight is 294 g/mol. The molecule has 1 aromatic carbocycles. The van der Waals surface area contributed by atoms with Crippen molar-refractivity contribution in [2.75, 3.05) is 5.32 Å². The van der Waals surface area contributed by atoms with E-state index in [1.54, 1.807) is 0 Å². The zero-order valence-electron chi connectivity index (χ0n) is 10.8. The van der Waals surface area contributed by atoms with Gasteiger partial charge in [0.15, 0.2) is 5.96 Å². The Kier molecular flexibility index (Phi) is 4.35. The number of hydrogen-bond donors (Lipinski definition) is 2. The maximum atomic E-state index is 12.6. The van der Waals surface area contributed by atoms with Gasteiger partial charge in [-0.1, -0.05) is 11.6 Å². The van der Waals surface area contributed by atoms with Crippen molar-refractivity contribution in [2.45, 2.75) is 32.5 Å². The van der Waals surface area contributed by atoms with Crippen LogP contribution < -0.4 is 11.1 Å². The summed E-state index contributed by atoms with van der Waals surface area (Å²) in [6, 6.07) is 3.13. The minimum atomic E-state index is -4.46. The summed E-state index contributed by atoms with van der Waals surface area (Å²) in [5.74, 6) is 0.0305. The average Bonchev–Trinajstić information content (AvgIpc) is 2.11. The molecule has 0 spiro atoms. The first-order chi connectivity index (χ1) is 8.47. The fourth-order valence-electron chi connectivity index (χ4n) is 1.36. The molecule has 0 fully saturated rings. The summed E-state index contributed by atoms with van der Waals surface area (Å²) in [5.41, 5.74) is 4.49. The molecule has 0 bridgehead atoms. The third kappa shape index (κ3) is 5.38. The van der Waals surface area contributed by atoms with Crippen molar-refractivity contribution in [1.82, 2.24) is 0 Å². The monoisotopic (exact) mass is 293 g/mol. The van der Waals surface area contributed by atoms with Gasteiger partial charge in [-0.05, 0) is 39.0 Å². The molecule has 1 aromatic rings. The van der Waals surface area contributed by atoms with E-state index in [4.69, 9.17) is 17.3 Å². The second kappa shape index (κ2) is 5.28. The van der Waals surface area contributed by atoms with Crippen molar-refractivity contribution in [3.05, 3.63) is 28.8 Å². The van der Waals surface area contributed by atoms with Crippen LogP contribution in [-0.2, 0) is 6.18 Å². The van der Waals surface area contributed by atoms with Gasteiger partial charge < -0.3 is 11.1 Å². The molecule has 0 radical (unpaired) electrons. The quantitative estimate of drug-likeness (QED) is 0.610. The molecule has 0 saturated heterocycles. The summed E-state index contributed by atoms with van der Waals surface area (Å²) >= 11 is 5.65. The third-order valence-electron chi connectivity index (χ3n) is 1.95. The zero-order valence-corrected chi connectivity index (χ0v) is 11.5. The molecule has 0 aromatic heterocycles. The van der Waals surface area contributed by atoms with Crippen molar-refractivity contribution in [1.29, 1.82) is 0 Å². The van der Waals surface area contributed by atoms with Gasteiger partial charge >= 0.3 is 6.18 Å². The second-order valence-corrected chi connectivity index (χ2v) is 5.46. The van der Waals surface area contributed by atoms with Crippen molar-refractivity contribution in [2.24, 2.45) is 10.7 Å². The number of nitrogens with one attached hydrogen (secondary N) is 1. The first kappa shape index (κ1) is 15.6. The predicted octanol–water partition coefficient (Wildman–Crippen LogP) is 3.88. The van der Waals surface area contributed by atoms with Gasteiger partial charge in [0, 0.05) is 10.7 Å². The predicted molar refractivity (Wildman–Crippen MR) is 71.5 cm³/mol. The molecule has 0 amide bonds. The lowest BCUT2D eigenvalue weighted by atomic mass is 10.1. The smallest absolute Gasteiger partial charge is 0.370 e. The number of nitrogens with two attached hydrogens (primary N) is 1. The molecule has 0 aliphatic heterocycles.